The van der Waals surface area contributed by atoms with Crippen LogP contribution < -0.4 is 10.1 Å². The zero-order valence-electron chi connectivity index (χ0n) is 17.5. The number of aliphatic imine (C=N–C) groups is 1. The molecule has 1 aliphatic heterocycles. The van der Waals surface area contributed by atoms with Gasteiger partial charge in [-0.15, -0.1) is 24.0 Å². The van der Waals surface area contributed by atoms with Gasteiger partial charge in [0.2, 0.25) is 0 Å². The molecule has 2 rings (SSSR count). The van der Waals surface area contributed by atoms with Gasteiger partial charge in [0.1, 0.15) is 5.75 Å². The highest BCUT2D eigenvalue weighted by Crippen LogP contribution is 2.19. The molecule has 0 bridgehead atoms. The minimum Gasteiger partial charge on any atom is -0.484 e. The SMILES string of the molecule is CN=C(NCc1cccc(OCC(=O)N(C)C)c1)N1CCC(C(=O)OC)CC1.I. The van der Waals surface area contributed by atoms with Gasteiger partial charge in [-0.25, -0.2) is 0 Å². The topological polar surface area (TPSA) is 83.5 Å². The summed E-state index contributed by atoms with van der Waals surface area (Å²) in [5.74, 6) is 1.21. The number of amides is 1. The average Bonchev–Trinajstić information content (AvgIpc) is 2.72. The van der Waals surface area contributed by atoms with E-state index in [1.54, 1.807) is 21.1 Å². The van der Waals surface area contributed by atoms with E-state index in [1.807, 2.05) is 24.3 Å². The highest BCUT2D eigenvalue weighted by Gasteiger charge is 2.26. The Kier molecular flexibility index (Phi) is 10.8. The lowest BCUT2D eigenvalue weighted by Crippen LogP contribution is -2.46. The summed E-state index contributed by atoms with van der Waals surface area (Å²) >= 11 is 0. The molecule has 1 aromatic rings. The van der Waals surface area contributed by atoms with Crippen LogP contribution in [0.2, 0.25) is 0 Å². The van der Waals surface area contributed by atoms with Gasteiger partial charge >= 0.3 is 5.97 Å². The number of nitrogens with one attached hydrogen (secondary N) is 1. The van der Waals surface area contributed by atoms with Crippen LogP contribution in [0, 0.1) is 5.92 Å². The number of hydrogen-bond donors (Lipinski definition) is 1. The van der Waals surface area contributed by atoms with Crippen LogP contribution in [-0.2, 0) is 20.9 Å². The Bertz CT molecular complexity index is 703. The van der Waals surface area contributed by atoms with Crippen LogP contribution in [0.5, 0.6) is 5.75 Å². The number of hydrogen-bond acceptors (Lipinski definition) is 5. The number of benzene rings is 1. The lowest BCUT2D eigenvalue weighted by Gasteiger charge is -2.33. The number of rotatable bonds is 6. The van der Waals surface area contributed by atoms with Gasteiger partial charge in [-0.1, -0.05) is 12.1 Å². The van der Waals surface area contributed by atoms with Crippen molar-refractivity contribution in [3.8, 4) is 5.75 Å². The highest BCUT2D eigenvalue weighted by molar-refractivity contribution is 14.0. The van der Waals surface area contributed by atoms with Gasteiger partial charge in [-0.3, -0.25) is 14.6 Å². The Morgan fingerprint density at radius 1 is 1.28 bits per heavy atom. The van der Waals surface area contributed by atoms with Crippen LogP contribution >= 0.6 is 24.0 Å². The molecule has 162 valence electrons. The standard InChI is InChI=1S/C20H30N4O4.HI/c1-21-20(24-10-8-16(9-11-24)19(26)27-4)22-13-15-6-5-7-17(12-15)28-14-18(25)23(2)3;/h5-7,12,16H,8-11,13-14H2,1-4H3,(H,21,22);1H. The third kappa shape index (κ3) is 7.71. The molecule has 0 unspecified atom stereocenters. The van der Waals surface area contributed by atoms with Crippen LogP contribution in [0.25, 0.3) is 0 Å². The van der Waals surface area contributed by atoms with E-state index < -0.39 is 0 Å². The van der Waals surface area contributed by atoms with Crippen molar-refractivity contribution in [3.05, 3.63) is 29.8 Å². The van der Waals surface area contributed by atoms with E-state index in [1.165, 1.54) is 12.0 Å². The van der Waals surface area contributed by atoms with Crippen molar-refractivity contribution < 1.29 is 19.1 Å². The molecular formula is C20H31IN4O4. The van der Waals surface area contributed by atoms with Crippen LogP contribution in [-0.4, -0.2) is 75.6 Å². The molecule has 0 atom stereocenters. The van der Waals surface area contributed by atoms with E-state index in [0.717, 1.165) is 37.5 Å². The number of piperidine rings is 1. The first-order valence-corrected chi connectivity index (χ1v) is 9.40. The van der Waals surface area contributed by atoms with Gasteiger partial charge in [-0.2, -0.15) is 0 Å². The predicted octanol–water partition coefficient (Wildman–Crippen LogP) is 1.73. The van der Waals surface area contributed by atoms with Gasteiger partial charge in [0.05, 0.1) is 13.0 Å². The third-order valence-electron chi connectivity index (χ3n) is 4.75. The minimum atomic E-state index is -0.132. The minimum absolute atomic E-state index is 0. The number of esters is 1. The Labute approximate surface area is 189 Å². The number of halogens is 1. The summed E-state index contributed by atoms with van der Waals surface area (Å²) in [5, 5.41) is 3.35. The molecule has 1 N–H and O–H groups in total. The lowest BCUT2D eigenvalue weighted by atomic mass is 9.97. The fourth-order valence-electron chi connectivity index (χ4n) is 3.03. The normalized spacial score (nSPS) is 14.6. The van der Waals surface area contributed by atoms with Gasteiger partial charge < -0.3 is 24.6 Å². The average molecular weight is 518 g/mol. The molecule has 0 spiro atoms. The van der Waals surface area contributed by atoms with Crippen molar-refractivity contribution in [3.63, 3.8) is 0 Å². The molecule has 0 radical (unpaired) electrons. The maximum absolute atomic E-state index is 11.7. The van der Waals surface area contributed by atoms with Crippen LogP contribution in [0.1, 0.15) is 18.4 Å². The number of methoxy groups -OCH3 is 1. The highest BCUT2D eigenvalue weighted by atomic mass is 127. The molecule has 1 aromatic carbocycles. The maximum atomic E-state index is 11.7. The number of likely N-dealkylation sites (tertiary alicyclic amines) is 1. The van der Waals surface area contributed by atoms with Crippen LogP contribution in [0.3, 0.4) is 0 Å². The van der Waals surface area contributed by atoms with E-state index in [2.05, 4.69) is 15.2 Å². The molecule has 9 heteroatoms. The summed E-state index contributed by atoms with van der Waals surface area (Å²) in [6.07, 6.45) is 1.52. The summed E-state index contributed by atoms with van der Waals surface area (Å²) in [7, 11) is 6.59. The van der Waals surface area contributed by atoms with Gasteiger partial charge in [-0.05, 0) is 30.5 Å². The molecule has 0 aliphatic carbocycles. The third-order valence-corrected chi connectivity index (χ3v) is 4.75. The second kappa shape index (κ2) is 12.5. The summed E-state index contributed by atoms with van der Waals surface area (Å²) in [6, 6.07) is 7.63. The molecule has 1 heterocycles. The van der Waals surface area contributed by atoms with E-state index in [0.29, 0.717) is 12.3 Å². The number of nitrogens with zero attached hydrogens (tertiary/aromatic N) is 3. The summed E-state index contributed by atoms with van der Waals surface area (Å²) in [5.41, 5.74) is 1.03. The fraction of sp³-hybridized carbons (Fsp3) is 0.550. The van der Waals surface area contributed by atoms with Gasteiger partial charge in [0, 0.05) is 40.8 Å². The molecule has 0 aromatic heterocycles. The smallest absolute Gasteiger partial charge is 0.308 e. The molecule has 1 saturated heterocycles. The van der Waals surface area contributed by atoms with E-state index in [4.69, 9.17) is 9.47 Å². The van der Waals surface area contributed by atoms with E-state index in [-0.39, 0.29) is 48.4 Å². The first-order valence-electron chi connectivity index (χ1n) is 9.40. The molecule has 1 fully saturated rings. The Hall–Kier alpha value is -2.04. The van der Waals surface area contributed by atoms with Crippen LogP contribution in [0.15, 0.2) is 29.3 Å². The predicted molar refractivity (Wildman–Crippen MR) is 123 cm³/mol. The maximum Gasteiger partial charge on any atom is 0.308 e. The summed E-state index contributed by atoms with van der Waals surface area (Å²) in [4.78, 5) is 31.3. The molecule has 1 amide bonds. The number of guanidine groups is 1. The number of ether oxygens (including phenoxy) is 2. The van der Waals surface area contributed by atoms with Gasteiger partial charge in [0.25, 0.3) is 5.91 Å². The fourth-order valence-corrected chi connectivity index (χ4v) is 3.03. The number of carbonyl (C=O) groups excluding carboxylic acids is 2. The van der Waals surface area contributed by atoms with Crippen molar-refractivity contribution in [2.45, 2.75) is 19.4 Å². The van der Waals surface area contributed by atoms with Crippen molar-refractivity contribution >= 4 is 41.8 Å². The van der Waals surface area contributed by atoms with Crippen molar-refractivity contribution in [1.82, 2.24) is 15.1 Å². The van der Waals surface area contributed by atoms with E-state index in [9.17, 15) is 9.59 Å². The second-order valence-electron chi connectivity index (χ2n) is 6.91. The Morgan fingerprint density at radius 3 is 2.55 bits per heavy atom. The first kappa shape index (κ1) is 25.0. The zero-order chi connectivity index (χ0) is 20.5. The lowest BCUT2D eigenvalue weighted by molar-refractivity contribution is -0.146. The number of likely N-dealkylation sites (N-methyl/N-ethyl adjacent to an activating group) is 1. The summed E-state index contributed by atoms with van der Waals surface area (Å²) < 4.78 is 10.4. The molecule has 0 saturated carbocycles. The quantitative estimate of drug-likeness (QED) is 0.268. The van der Waals surface area contributed by atoms with Crippen molar-refractivity contribution in [2.24, 2.45) is 10.9 Å². The molecule has 29 heavy (non-hydrogen) atoms. The van der Waals surface area contributed by atoms with Crippen molar-refractivity contribution in [1.29, 1.82) is 0 Å². The first-order chi connectivity index (χ1) is 13.4. The Morgan fingerprint density at radius 2 is 1.97 bits per heavy atom. The zero-order valence-corrected chi connectivity index (χ0v) is 19.8. The molecule has 1 aliphatic rings. The summed E-state index contributed by atoms with van der Waals surface area (Å²) in [6.45, 7) is 2.12. The number of carbonyl (C=O) groups is 2. The van der Waals surface area contributed by atoms with E-state index >= 15 is 0 Å². The molecular weight excluding hydrogens is 487 g/mol. The second-order valence-corrected chi connectivity index (χ2v) is 6.91. The Balaban J connectivity index is 0.00000420. The van der Waals surface area contributed by atoms with Gasteiger partial charge in [0.15, 0.2) is 12.6 Å². The van der Waals surface area contributed by atoms with Crippen LogP contribution in [0.4, 0.5) is 0 Å². The molecule has 8 nitrogen and oxygen atoms in total. The largest absolute Gasteiger partial charge is 0.484 e. The monoisotopic (exact) mass is 518 g/mol. The van der Waals surface area contributed by atoms with Crippen molar-refractivity contribution in [2.75, 3.05) is 47.9 Å².